The summed E-state index contributed by atoms with van der Waals surface area (Å²) < 4.78 is 39.0. The van der Waals surface area contributed by atoms with E-state index in [9.17, 15) is 14.7 Å². The molecule has 3 aromatic carbocycles. The molecule has 0 saturated carbocycles. The lowest BCUT2D eigenvalue weighted by atomic mass is 9.89. The summed E-state index contributed by atoms with van der Waals surface area (Å²) in [6.45, 7) is 4.55. The molecular formula is C34H37NO10. The van der Waals surface area contributed by atoms with E-state index in [1.165, 1.54) is 21.3 Å². The van der Waals surface area contributed by atoms with Crippen molar-refractivity contribution in [1.29, 1.82) is 0 Å². The average Bonchev–Trinajstić information content (AvgIpc) is 3.54. The lowest BCUT2D eigenvalue weighted by Crippen LogP contribution is -2.37. The Labute approximate surface area is 261 Å². The van der Waals surface area contributed by atoms with E-state index in [4.69, 9.17) is 33.2 Å². The first-order valence-corrected chi connectivity index (χ1v) is 14.6. The van der Waals surface area contributed by atoms with Crippen LogP contribution in [0, 0.1) is 0 Å². The van der Waals surface area contributed by atoms with Gasteiger partial charge in [0, 0.05) is 37.2 Å². The Morgan fingerprint density at radius 1 is 0.844 bits per heavy atom. The van der Waals surface area contributed by atoms with Gasteiger partial charge >= 0.3 is 5.97 Å². The third-order valence-electron chi connectivity index (χ3n) is 7.67. The van der Waals surface area contributed by atoms with E-state index in [0.29, 0.717) is 57.8 Å². The molecular weight excluding hydrogens is 582 g/mol. The number of carboxylic acid groups (broad SMARTS) is 1. The molecule has 238 valence electrons. The number of ketones is 1. The second kappa shape index (κ2) is 14.8. The second-order valence-electron chi connectivity index (χ2n) is 10.4. The summed E-state index contributed by atoms with van der Waals surface area (Å²) in [5.74, 6) is 1.01. The van der Waals surface area contributed by atoms with Crippen LogP contribution in [0.1, 0.15) is 27.9 Å². The third kappa shape index (κ3) is 7.50. The van der Waals surface area contributed by atoms with E-state index in [1.54, 1.807) is 54.6 Å². The number of benzene rings is 3. The highest BCUT2D eigenvalue weighted by atomic mass is 16.7. The topological polar surface area (TPSA) is 122 Å². The molecule has 0 radical (unpaired) electrons. The molecule has 1 fully saturated rings. The molecule has 5 rings (SSSR count). The molecule has 1 saturated heterocycles. The van der Waals surface area contributed by atoms with Crippen molar-refractivity contribution in [3.8, 4) is 34.5 Å². The summed E-state index contributed by atoms with van der Waals surface area (Å²) in [6.07, 6.45) is 0.746. The van der Waals surface area contributed by atoms with Crippen LogP contribution in [0.4, 0.5) is 0 Å². The van der Waals surface area contributed by atoms with Crippen LogP contribution in [0.25, 0.3) is 5.57 Å². The summed E-state index contributed by atoms with van der Waals surface area (Å²) in [4.78, 5) is 29.3. The molecule has 0 unspecified atom stereocenters. The van der Waals surface area contributed by atoms with Gasteiger partial charge in [0.2, 0.25) is 12.5 Å². The van der Waals surface area contributed by atoms with Gasteiger partial charge in [0.15, 0.2) is 28.8 Å². The predicted molar refractivity (Wildman–Crippen MR) is 165 cm³/mol. The minimum absolute atomic E-state index is 0.0312. The zero-order valence-corrected chi connectivity index (χ0v) is 25.6. The van der Waals surface area contributed by atoms with E-state index in [-0.39, 0.29) is 24.4 Å². The summed E-state index contributed by atoms with van der Waals surface area (Å²) in [5, 5.41) is 10.5. The Balaban J connectivity index is 1.52. The number of ether oxygens (including phenoxy) is 7. The Kier molecular flexibility index (Phi) is 10.4. The highest BCUT2D eigenvalue weighted by Gasteiger charge is 2.27. The molecule has 1 N–H and O–H groups in total. The summed E-state index contributed by atoms with van der Waals surface area (Å²) in [5.41, 5.74) is 1.13. The van der Waals surface area contributed by atoms with E-state index in [0.717, 1.165) is 39.3 Å². The molecule has 45 heavy (non-hydrogen) atoms. The number of fused-ring (bicyclic) bond motifs is 1. The van der Waals surface area contributed by atoms with Gasteiger partial charge in [0.25, 0.3) is 0 Å². The van der Waals surface area contributed by atoms with Crippen LogP contribution in [0.15, 0.2) is 60.2 Å². The van der Waals surface area contributed by atoms with Crippen molar-refractivity contribution in [2.24, 2.45) is 0 Å². The van der Waals surface area contributed by atoms with Crippen molar-refractivity contribution in [2.75, 3.05) is 67.6 Å². The number of aliphatic carboxylic acids is 1. The molecule has 0 atom stereocenters. The fourth-order valence-electron chi connectivity index (χ4n) is 5.37. The van der Waals surface area contributed by atoms with Crippen LogP contribution in [0.2, 0.25) is 0 Å². The molecule has 11 nitrogen and oxygen atoms in total. The Bertz CT molecular complexity index is 1540. The largest absolute Gasteiger partial charge is 0.497 e. The molecule has 3 aromatic rings. The van der Waals surface area contributed by atoms with Gasteiger partial charge in [0.05, 0.1) is 46.7 Å². The van der Waals surface area contributed by atoms with Gasteiger partial charge in [-0.15, -0.1) is 0 Å². The van der Waals surface area contributed by atoms with Gasteiger partial charge < -0.3 is 38.3 Å². The van der Waals surface area contributed by atoms with Crippen LogP contribution < -0.4 is 28.4 Å². The zero-order valence-electron chi connectivity index (χ0n) is 25.6. The van der Waals surface area contributed by atoms with Gasteiger partial charge in [0.1, 0.15) is 5.75 Å². The number of Topliss-reactive ketones (excluding diaryl/α,β-unsaturated/α-hetero) is 1. The van der Waals surface area contributed by atoms with Gasteiger partial charge in [-0.3, -0.25) is 9.69 Å². The van der Waals surface area contributed by atoms with Crippen molar-refractivity contribution < 1.29 is 47.9 Å². The summed E-state index contributed by atoms with van der Waals surface area (Å²) in [7, 11) is 4.57. The fourth-order valence-corrected chi connectivity index (χ4v) is 5.37. The lowest BCUT2D eigenvalue weighted by molar-refractivity contribution is -0.130. The van der Waals surface area contributed by atoms with Crippen molar-refractivity contribution in [1.82, 2.24) is 4.90 Å². The van der Waals surface area contributed by atoms with E-state index in [1.807, 2.05) is 0 Å². The summed E-state index contributed by atoms with van der Waals surface area (Å²) in [6, 6.07) is 14.8. The van der Waals surface area contributed by atoms with E-state index in [2.05, 4.69) is 4.90 Å². The second-order valence-corrected chi connectivity index (χ2v) is 10.4. The number of carboxylic acids is 1. The Morgan fingerprint density at radius 2 is 1.56 bits per heavy atom. The normalized spacial score (nSPS) is 14.8. The number of hydrogen-bond acceptors (Lipinski definition) is 10. The molecule has 0 aromatic heterocycles. The maximum absolute atomic E-state index is 14.1. The van der Waals surface area contributed by atoms with Gasteiger partial charge in [-0.05, 0) is 66.1 Å². The van der Waals surface area contributed by atoms with Crippen LogP contribution in [0.5, 0.6) is 34.5 Å². The van der Waals surface area contributed by atoms with Crippen LogP contribution in [0.3, 0.4) is 0 Å². The number of methoxy groups -OCH3 is 3. The Morgan fingerprint density at radius 3 is 2.24 bits per heavy atom. The van der Waals surface area contributed by atoms with Gasteiger partial charge in [-0.2, -0.15) is 0 Å². The van der Waals surface area contributed by atoms with E-state index < -0.39 is 11.8 Å². The van der Waals surface area contributed by atoms with Crippen LogP contribution in [-0.2, 0) is 16.0 Å². The van der Waals surface area contributed by atoms with Crippen molar-refractivity contribution in [3.63, 3.8) is 0 Å². The maximum atomic E-state index is 14.1. The molecule has 0 spiro atoms. The first-order valence-electron chi connectivity index (χ1n) is 14.6. The molecule has 2 aliphatic heterocycles. The zero-order chi connectivity index (χ0) is 31.8. The van der Waals surface area contributed by atoms with Crippen LogP contribution >= 0.6 is 0 Å². The fraction of sp³-hybridized carbons (Fsp3) is 0.353. The van der Waals surface area contributed by atoms with Gasteiger partial charge in [-0.1, -0.05) is 6.07 Å². The van der Waals surface area contributed by atoms with Crippen molar-refractivity contribution in [3.05, 3.63) is 76.9 Å². The first-order chi connectivity index (χ1) is 21.9. The monoisotopic (exact) mass is 619 g/mol. The molecule has 2 aliphatic rings. The highest BCUT2D eigenvalue weighted by molar-refractivity contribution is 6.26. The molecule has 0 bridgehead atoms. The number of morpholine rings is 1. The van der Waals surface area contributed by atoms with Crippen molar-refractivity contribution in [2.45, 2.75) is 12.8 Å². The quantitative estimate of drug-likeness (QED) is 0.156. The molecule has 2 heterocycles. The highest BCUT2D eigenvalue weighted by Crippen LogP contribution is 2.41. The number of rotatable bonds is 14. The minimum Gasteiger partial charge on any atom is -0.497 e. The van der Waals surface area contributed by atoms with Crippen LogP contribution in [-0.4, -0.2) is 89.3 Å². The third-order valence-corrected chi connectivity index (χ3v) is 7.67. The standard InChI is InChI=1S/C34H37NO10/c1-39-25-8-5-23(6-9-25)32(36)26(31(34(37)38)24-7-10-27-28(20-24)45-21-44-27)17-22-18-29(40-2)33(41-3)30(19-22)43-14-4-11-35-12-15-42-16-13-35/h5-10,18-20H,4,11-17,21H2,1-3H3,(H,37,38). The van der Waals surface area contributed by atoms with Crippen molar-refractivity contribution >= 4 is 17.3 Å². The average molecular weight is 620 g/mol. The first kappa shape index (κ1) is 31.7. The lowest BCUT2D eigenvalue weighted by Gasteiger charge is -2.26. The molecule has 11 heteroatoms. The predicted octanol–water partition coefficient (Wildman–Crippen LogP) is 4.51. The maximum Gasteiger partial charge on any atom is 0.336 e. The number of carbonyl (C=O) groups excluding carboxylic acids is 1. The number of carbonyl (C=O) groups is 2. The number of allylic oxidation sites excluding steroid dienone is 1. The molecule has 0 amide bonds. The molecule has 0 aliphatic carbocycles. The summed E-state index contributed by atoms with van der Waals surface area (Å²) >= 11 is 0. The number of nitrogens with zero attached hydrogens (tertiary/aromatic N) is 1. The van der Waals surface area contributed by atoms with E-state index >= 15 is 0 Å². The SMILES string of the molecule is COc1ccc(C(=O)C(Cc2cc(OC)c(OC)c(OCCCN3CCOCC3)c2)=C(C(=O)O)c2ccc3c(c2)OCO3)cc1. The Hall–Kier alpha value is -4.74. The number of hydrogen-bond donors (Lipinski definition) is 1. The minimum atomic E-state index is -1.26. The smallest absolute Gasteiger partial charge is 0.336 e. The van der Waals surface area contributed by atoms with Gasteiger partial charge in [-0.25, -0.2) is 4.79 Å².